The van der Waals surface area contributed by atoms with Gasteiger partial charge in [0, 0.05) is 80.6 Å². The van der Waals surface area contributed by atoms with Gasteiger partial charge in [0.25, 0.3) is 0 Å². The van der Waals surface area contributed by atoms with Gasteiger partial charge in [-0.3, -0.25) is 11.8 Å². The number of hydrogen-bond donors (Lipinski definition) is 0. The van der Waals surface area contributed by atoms with E-state index in [1.807, 2.05) is 12.1 Å². The number of rotatable bonds is 9. The number of hydrogen-bond acceptors (Lipinski definition) is 2. The van der Waals surface area contributed by atoms with Crippen LogP contribution in [0.25, 0.3) is 22.3 Å². The van der Waals surface area contributed by atoms with E-state index in [4.69, 9.17) is 12.8 Å². The molecule has 0 amide bonds. The third-order valence-corrected chi connectivity index (χ3v) is 19.8. The fourth-order valence-electron chi connectivity index (χ4n) is 9.35. The van der Waals surface area contributed by atoms with E-state index in [-0.39, 0.29) is 44.8 Å². The third-order valence-electron chi connectivity index (χ3n) is 12.7. The summed E-state index contributed by atoms with van der Waals surface area (Å²) < 4.78 is 0. The van der Waals surface area contributed by atoms with E-state index in [1.165, 1.54) is 65.8 Å². The van der Waals surface area contributed by atoms with Crippen molar-refractivity contribution in [3.05, 3.63) is 230 Å². The molecule has 2 aliphatic rings. The molecule has 0 spiro atoms. The quantitative estimate of drug-likeness (QED) is 0.0615. The van der Waals surface area contributed by atoms with Gasteiger partial charge < -0.3 is 22.6 Å². The van der Waals surface area contributed by atoms with Gasteiger partial charge in [-0.15, -0.1) is 35.4 Å². The molecular weight excluding hydrogens is 1200 g/mol. The minimum atomic E-state index is -1.55. The van der Waals surface area contributed by atoms with Gasteiger partial charge >= 0.3 is 0 Å². The van der Waals surface area contributed by atoms with Crippen molar-refractivity contribution < 1.29 is 44.8 Å². The molecule has 2 radical (unpaired) electrons. The topological polar surface area (TPSA) is 6.48 Å². The Hall–Kier alpha value is -5.61. The number of unbranched alkanes of at least 4 members (excludes halogenated alkanes) is 1. The molecule has 0 saturated heterocycles. The second-order valence-corrected chi connectivity index (χ2v) is 26.1. The maximum absolute atomic E-state index is 7.26. The molecule has 6 heteroatoms. The molecule has 8 aromatic carbocycles. The summed E-state index contributed by atoms with van der Waals surface area (Å²) in [5.41, 5.74) is 12.2. The van der Waals surface area contributed by atoms with Crippen molar-refractivity contribution in [3.63, 3.8) is 0 Å². The summed E-state index contributed by atoms with van der Waals surface area (Å²) in [4.78, 5) is 4.82. The van der Waals surface area contributed by atoms with Crippen molar-refractivity contribution >= 4 is 59.6 Å². The van der Waals surface area contributed by atoms with Crippen LogP contribution in [0.1, 0.15) is 24.0 Å². The van der Waals surface area contributed by atoms with Crippen LogP contribution in [0.5, 0.6) is 0 Å². The van der Waals surface area contributed by atoms with E-state index >= 15 is 0 Å². The van der Waals surface area contributed by atoms with Gasteiger partial charge in [-0.05, 0) is 94.0 Å². The molecule has 10 rings (SSSR count). The van der Waals surface area contributed by atoms with Gasteiger partial charge in [0.05, 0.1) is 0 Å². The molecule has 0 aliphatic carbocycles. The minimum Gasteiger partial charge on any atom is -0.366 e. The van der Waals surface area contributed by atoms with E-state index in [0.29, 0.717) is 0 Å². The van der Waals surface area contributed by atoms with Gasteiger partial charge in [-0.25, -0.2) is 0 Å². The summed E-state index contributed by atoms with van der Waals surface area (Å²) in [5.74, 6) is 4.99. The van der Waals surface area contributed by atoms with Crippen molar-refractivity contribution in [1.82, 2.24) is 0 Å². The smallest absolute Gasteiger partial charge is 0.111 e. The van der Waals surface area contributed by atoms with E-state index in [9.17, 15) is 0 Å². The molecule has 0 fully saturated rings. The normalized spacial score (nSPS) is 12.5. The largest absolute Gasteiger partial charge is 0.366 e. The summed E-state index contributed by atoms with van der Waals surface area (Å²) in [6.07, 6.45) is 16.7. The Morgan fingerprint density at radius 3 is 0.924 bits per heavy atom. The van der Waals surface area contributed by atoms with Crippen LogP contribution in [-0.2, 0) is 44.8 Å². The van der Waals surface area contributed by atoms with Crippen LogP contribution >= 0.6 is 0 Å². The molecular formula is C60H54Au2N2Si2-2. The first kappa shape index (κ1) is 49.8. The van der Waals surface area contributed by atoms with Crippen LogP contribution in [0.2, 0.25) is 26.2 Å². The molecule has 336 valence electrons. The predicted octanol–water partition coefficient (Wildman–Crippen LogP) is 12.3. The molecule has 0 unspecified atom stereocenters. The maximum atomic E-state index is 7.26. The Labute approximate surface area is 427 Å². The molecule has 66 heavy (non-hydrogen) atoms. The van der Waals surface area contributed by atoms with Crippen LogP contribution in [0.15, 0.2) is 206 Å². The summed E-state index contributed by atoms with van der Waals surface area (Å²) in [6, 6.07) is 72.6. The Balaban J connectivity index is 0.000000172. The van der Waals surface area contributed by atoms with Gasteiger partial charge in [-0.2, -0.15) is 0 Å². The maximum Gasteiger partial charge on any atom is 0.111 e. The Morgan fingerprint density at radius 1 is 0.348 bits per heavy atom. The summed E-state index contributed by atoms with van der Waals surface area (Å²) in [5, 5.41) is 5.90. The molecule has 0 saturated carbocycles. The number of fused-ring (bicyclic) bond motifs is 6. The standard InChI is InChI=1S/C28H28N2.2C16H13Si.2Au/c1-5-15-25(16-6-1)29(26-17-7-2-8-18-26)23-13-14-24-30(27-19-9-3-10-20-27)28-21-11-4-12-22-28;2*1-4-12-9-10-14-13-7-5-6-8-15(13)17(2,3)16(14)11-12;;/h1-12,15-22H,13-14,23-24H2;2*5-11H,2-3H3;;/q;2*-1;;. The average Bonchev–Trinajstić information content (AvgIpc) is 3.72. The van der Waals surface area contributed by atoms with Crippen molar-refractivity contribution in [2.45, 2.75) is 39.0 Å². The summed E-state index contributed by atoms with van der Waals surface area (Å²) >= 11 is 0. The van der Waals surface area contributed by atoms with Gasteiger partial charge in [0.1, 0.15) is 16.1 Å². The first-order valence-electron chi connectivity index (χ1n) is 22.3. The van der Waals surface area contributed by atoms with E-state index in [2.05, 4.69) is 242 Å². The minimum absolute atomic E-state index is 0. The Morgan fingerprint density at radius 2 is 0.621 bits per heavy atom. The Bertz CT molecular complexity index is 2640. The monoisotopic (exact) mass is 1250 g/mol. The number of anilines is 4. The van der Waals surface area contributed by atoms with Crippen molar-refractivity contribution in [2.24, 2.45) is 0 Å². The number of para-hydroxylation sites is 4. The molecule has 2 heterocycles. The zero-order valence-corrected chi connectivity index (χ0v) is 44.3. The fourth-order valence-corrected chi connectivity index (χ4v) is 15.6. The van der Waals surface area contributed by atoms with Crippen molar-refractivity contribution in [3.8, 4) is 34.1 Å². The molecule has 2 aliphatic heterocycles. The van der Waals surface area contributed by atoms with Crippen LogP contribution in [0.4, 0.5) is 22.7 Å². The van der Waals surface area contributed by atoms with Gasteiger partial charge in [-0.1, -0.05) is 170 Å². The van der Waals surface area contributed by atoms with Crippen LogP contribution < -0.4 is 30.5 Å². The average molecular weight is 1250 g/mol. The first-order valence-corrected chi connectivity index (χ1v) is 28.3. The van der Waals surface area contributed by atoms with Crippen LogP contribution in [-0.4, -0.2) is 29.2 Å². The van der Waals surface area contributed by atoms with Crippen molar-refractivity contribution in [1.29, 1.82) is 0 Å². The van der Waals surface area contributed by atoms with E-state index in [0.717, 1.165) is 37.1 Å². The predicted molar refractivity (Wildman–Crippen MR) is 279 cm³/mol. The molecule has 8 aromatic rings. The van der Waals surface area contributed by atoms with Crippen LogP contribution in [0.3, 0.4) is 0 Å². The van der Waals surface area contributed by atoms with Gasteiger partial charge in [0.2, 0.25) is 0 Å². The van der Waals surface area contributed by atoms with E-state index in [1.54, 1.807) is 0 Å². The molecule has 0 N–H and O–H groups in total. The second kappa shape index (κ2) is 22.7. The fraction of sp³-hybridized carbons (Fsp3) is 0.133. The number of benzene rings is 8. The number of nitrogens with zero attached hydrogens (tertiary/aromatic N) is 2. The summed E-state index contributed by atoms with van der Waals surface area (Å²) in [7, 11) is -3.10. The van der Waals surface area contributed by atoms with Crippen LogP contribution in [0, 0.1) is 24.7 Å². The second-order valence-electron chi connectivity index (χ2n) is 17.5. The van der Waals surface area contributed by atoms with Gasteiger partial charge in [0.15, 0.2) is 0 Å². The molecule has 0 atom stereocenters. The summed E-state index contributed by atoms with van der Waals surface area (Å²) in [6.45, 7) is 11.5. The zero-order chi connectivity index (χ0) is 44.5. The van der Waals surface area contributed by atoms with Crippen molar-refractivity contribution in [2.75, 3.05) is 22.9 Å². The Kier molecular flexibility index (Phi) is 17.2. The zero-order valence-electron chi connectivity index (χ0n) is 38.0. The molecule has 0 bridgehead atoms. The molecule has 2 nitrogen and oxygen atoms in total. The third kappa shape index (κ3) is 10.8. The first-order chi connectivity index (χ1) is 31.2. The SMILES string of the molecule is [Au].[Au].[C-]#Cc1ccc2c(c1)[Si](C)(C)c1ccccc1-2.[C-]#Cc1ccc2c(c1)[Si](C)(C)c1ccccc1-2.c1ccc(N(CCCCN(c2ccccc2)c2ccccc2)c2ccccc2)cc1. The molecule has 0 aromatic heterocycles. The van der Waals surface area contributed by atoms with E-state index < -0.39 is 16.1 Å².